The van der Waals surface area contributed by atoms with Crippen molar-refractivity contribution in [2.75, 3.05) is 14.2 Å². The van der Waals surface area contributed by atoms with Gasteiger partial charge in [-0.1, -0.05) is 60.7 Å². The van der Waals surface area contributed by atoms with Crippen molar-refractivity contribution in [3.63, 3.8) is 0 Å². The van der Waals surface area contributed by atoms with Crippen molar-refractivity contribution in [2.24, 2.45) is 0 Å². The molecule has 0 saturated carbocycles. The monoisotopic (exact) mass is 364 g/mol. The van der Waals surface area contributed by atoms with Crippen molar-refractivity contribution < 1.29 is 19.7 Å². The van der Waals surface area contributed by atoms with Gasteiger partial charge in [0.05, 0.1) is 14.2 Å². The highest BCUT2D eigenvalue weighted by Gasteiger charge is 2.02. The van der Waals surface area contributed by atoms with E-state index in [1.807, 2.05) is 24.3 Å². The van der Waals surface area contributed by atoms with Gasteiger partial charge in [0.1, 0.15) is 0 Å². The standard InChI is InChI=1S/C23H24O4/c1-16(5-7-18-9-11-20(24)22(14-18)26-3)13-17(2)6-8-19-10-12-21(25)23(15-19)27-4/h5-12,14-15,24-25H,1-2,13H2,3-4H3/b7-5+,8-6+. The smallest absolute Gasteiger partial charge is 0.161 e. The quantitative estimate of drug-likeness (QED) is 0.621. The molecule has 0 aliphatic heterocycles. The van der Waals surface area contributed by atoms with Crippen LogP contribution in [0.15, 0.2) is 72.9 Å². The molecule has 0 amide bonds. The lowest BCUT2D eigenvalue weighted by molar-refractivity contribution is 0.373. The number of phenols is 2. The molecule has 0 radical (unpaired) electrons. The number of allylic oxidation sites excluding steroid dienone is 4. The minimum Gasteiger partial charge on any atom is -0.504 e. The second kappa shape index (κ2) is 9.34. The van der Waals surface area contributed by atoms with Crippen LogP contribution in [0.25, 0.3) is 12.2 Å². The molecule has 0 spiro atoms. The van der Waals surface area contributed by atoms with Crippen LogP contribution in [0.3, 0.4) is 0 Å². The summed E-state index contributed by atoms with van der Waals surface area (Å²) in [5.41, 5.74) is 3.62. The van der Waals surface area contributed by atoms with Crippen molar-refractivity contribution >= 4 is 12.2 Å². The van der Waals surface area contributed by atoms with E-state index in [4.69, 9.17) is 9.47 Å². The number of benzene rings is 2. The fraction of sp³-hybridized carbons (Fsp3) is 0.130. The Morgan fingerprint density at radius 1 is 0.815 bits per heavy atom. The normalized spacial score (nSPS) is 11.0. The van der Waals surface area contributed by atoms with Crippen LogP contribution in [0.5, 0.6) is 23.0 Å². The minimum atomic E-state index is 0.109. The number of phenolic OH excluding ortho intramolecular Hbond substituents is 2. The van der Waals surface area contributed by atoms with Crippen LogP contribution in [0.1, 0.15) is 17.5 Å². The average Bonchev–Trinajstić information content (AvgIpc) is 2.66. The number of methoxy groups -OCH3 is 2. The van der Waals surface area contributed by atoms with Crippen LogP contribution < -0.4 is 9.47 Å². The predicted molar refractivity (Wildman–Crippen MR) is 110 cm³/mol. The lowest BCUT2D eigenvalue weighted by Gasteiger charge is -2.05. The Morgan fingerprint density at radius 3 is 1.59 bits per heavy atom. The first-order valence-electron chi connectivity index (χ1n) is 8.38. The summed E-state index contributed by atoms with van der Waals surface area (Å²) >= 11 is 0. The lowest BCUT2D eigenvalue weighted by atomic mass is 10.0. The molecule has 0 aliphatic rings. The summed E-state index contributed by atoms with van der Waals surface area (Å²) < 4.78 is 10.2. The summed E-state index contributed by atoms with van der Waals surface area (Å²) in [5.74, 6) is 1.08. The van der Waals surface area contributed by atoms with E-state index in [9.17, 15) is 10.2 Å². The van der Waals surface area contributed by atoms with Crippen molar-refractivity contribution in [1.82, 2.24) is 0 Å². The second-order valence-corrected chi connectivity index (χ2v) is 6.02. The zero-order valence-electron chi connectivity index (χ0n) is 15.6. The van der Waals surface area contributed by atoms with Gasteiger partial charge in [0, 0.05) is 0 Å². The fourth-order valence-electron chi connectivity index (χ4n) is 2.43. The molecule has 2 aromatic rings. The molecule has 2 N–H and O–H groups in total. The highest BCUT2D eigenvalue weighted by Crippen LogP contribution is 2.28. The van der Waals surface area contributed by atoms with E-state index < -0.39 is 0 Å². The van der Waals surface area contributed by atoms with E-state index in [1.165, 1.54) is 14.2 Å². The third-order valence-corrected chi connectivity index (χ3v) is 3.88. The van der Waals surface area contributed by atoms with Crippen molar-refractivity contribution in [3.8, 4) is 23.0 Å². The molecular weight excluding hydrogens is 340 g/mol. The Balaban J connectivity index is 1.96. The van der Waals surface area contributed by atoms with Gasteiger partial charge in [-0.3, -0.25) is 0 Å². The van der Waals surface area contributed by atoms with Crippen molar-refractivity contribution in [2.45, 2.75) is 6.42 Å². The summed E-state index contributed by atoms with van der Waals surface area (Å²) in [6.07, 6.45) is 8.26. The van der Waals surface area contributed by atoms with Gasteiger partial charge in [0.15, 0.2) is 23.0 Å². The van der Waals surface area contributed by atoms with E-state index >= 15 is 0 Å². The summed E-state index contributed by atoms with van der Waals surface area (Å²) in [6, 6.07) is 10.3. The zero-order chi connectivity index (χ0) is 19.8. The molecule has 4 nitrogen and oxygen atoms in total. The van der Waals surface area contributed by atoms with E-state index in [2.05, 4.69) is 13.2 Å². The fourth-order valence-corrected chi connectivity index (χ4v) is 2.43. The average molecular weight is 364 g/mol. The molecule has 0 unspecified atom stereocenters. The molecular formula is C23H24O4. The Kier molecular flexibility index (Phi) is 6.89. The number of aromatic hydroxyl groups is 2. The topological polar surface area (TPSA) is 58.9 Å². The van der Waals surface area contributed by atoms with Crippen LogP contribution in [-0.2, 0) is 0 Å². The Labute approximate surface area is 160 Å². The summed E-state index contributed by atoms with van der Waals surface area (Å²) in [6.45, 7) is 8.10. The van der Waals surface area contributed by atoms with Crippen LogP contribution in [-0.4, -0.2) is 24.4 Å². The van der Waals surface area contributed by atoms with Gasteiger partial charge in [-0.15, -0.1) is 0 Å². The number of hydrogen-bond acceptors (Lipinski definition) is 4. The zero-order valence-corrected chi connectivity index (χ0v) is 15.6. The molecule has 0 aromatic heterocycles. The largest absolute Gasteiger partial charge is 0.504 e. The van der Waals surface area contributed by atoms with Gasteiger partial charge < -0.3 is 19.7 Å². The highest BCUT2D eigenvalue weighted by atomic mass is 16.5. The number of rotatable bonds is 8. The Morgan fingerprint density at radius 2 is 1.22 bits per heavy atom. The van der Waals surface area contributed by atoms with Gasteiger partial charge in [-0.25, -0.2) is 0 Å². The first kappa shape index (κ1) is 19.9. The summed E-state index contributed by atoms with van der Waals surface area (Å²) in [4.78, 5) is 0. The van der Waals surface area contributed by atoms with E-state index in [0.29, 0.717) is 17.9 Å². The van der Waals surface area contributed by atoms with Crippen LogP contribution in [0.4, 0.5) is 0 Å². The van der Waals surface area contributed by atoms with Crippen LogP contribution in [0, 0.1) is 0 Å². The molecule has 0 aliphatic carbocycles. The third kappa shape index (κ3) is 5.82. The van der Waals surface area contributed by atoms with Crippen LogP contribution in [0.2, 0.25) is 0 Å². The van der Waals surface area contributed by atoms with Crippen molar-refractivity contribution in [1.29, 1.82) is 0 Å². The van der Waals surface area contributed by atoms with E-state index in [0.717, 1.165) is 22.3 Å². The second-order valence-electron chi connectivity index (χ2n) is 6.02. The van der Waals surface area contributed by atoms with E-state index in [1.54, 1.807) is 36.4 Å². The first-order valence-corrected chi connectivity index (χ1v) is 8.38. The SMILES string of the molecule is C=C(/C=C/c1ccc(O)c(OC)c1)CC(=C)/C=C/c1ccc(O)c(OC)c1. The Hall–Kier alpha value is -3.40. The first-order chi connectivity index (χ1) is 12.9. The number of hydrogen-bond donors (Lipinski definition) is 2. The van der Waals surface area contributed by atoms with Gasteiger partial charge in [0.25, 0.3) is 0 Å². The third-order valence-electron chi connectivity index (χ3n) is 3.88. The molecule has 2 rings (SSSR count). The molecule has 0 atom stereocenters. The predicted octanol–water partition coefficient (Wildman–Crippen LogP) is 5.34. The molecule has 0 saturated heterocycles. The van der Waals surface area contributed by atoms with Gasteiger partial charge >= 0.3 is 0 Å². The minimum absolute atomic E-state index is 0.109. The maximum atomic E-state index is 9.62. The van der Waals surface area contributed by atoms with Gasteiger partial charge in [-0.2, -0.15) is 0 Å². The summed E-state index contributed by atoms with van der Waals surface area (Å²) in [5, 5.41) is 19.2. The van der Waals surface area contributed by atoms with Crippen molar-refractivity contribution in [3.05, 3.63) is 84.0 Å². The molecule has 0 bridgehead atoms. The molecule has 140 valence electrons. The molecule has 2 aromatic carbocycles. The highest BCUT2D eigenvalue weighted by molar-refractivity contribution is 5.59. The maximum Gasteiger partial charge on any atom is 0.161 e. The molecule has 27 heavy (non-hydrogen) atoms. The maximum absolute atomic E-state index is 9.62. The molecule has 0 heterocycles. The van der Waals surface area contributed by atoms with Gasteiger partial charge in [-0.05, 0) is 41.8 Å². The van der Waals surface area contributed by atoms with Gasteiger partial charge in [0.2, 0.25) is 0 Å². The molecule has 0 fully saturated rings. The summed E-state index contributed by atoms with van der Waals surface area (Å²) in [7, 11) is 3.03. The van der Waals surface area contributed by atoms with E-state index in [-0.39, 0.29) is 11.5 Å². The molecule has 4 heteroatoms. The van der Waals surface area contributed by atoms with Crippen LogP contribution >= 0.6 is 0 Å². The lowest BCUT2D eigenvalue weighted by Crippen LogP contribution is -1.85. The Bertz CT molecular complexity index is 818. The number of ether oxygens (including phenoxy) is 2.